The fraction of sp³-hybridized carbons (Fsp3) is 0.529. The molecule has 3 heterocycles. The van der Waals surface area contributed by atoms with Gasteiger partial charge in [0.15, 0.2) is 0 Å². The van der Waals surface area contributed by atoms with Gasteiger partial charge in [-0.1, -0.05) is 0 Å². The number of piperidine rings is 1. The first-order valence-corrected chi connectivity index (χ1v) is 10.3. The zero-order valence-electron chi connectivity index (χ0n) is 15.1. The maximum absolute atomic E-state index is 13.4. The van der Waals surface area contributed by atoms with Gasteiger partial charge in [-0.15, -0.1) is 22.6 Å². The lowest BCUT2D eigenvalue weighted by Gasteiger charge is -2.31. The molecule has 1 saturated heterocycles. The van der Waals surface area contributed by atoms with Crippen LogP contribution in [-0.2, 0) is 23.1 Å². The number of nitrogens with one attached hydrogen (secondary N) is 1. The summed E-state index contributed by atoms with van der Waals surface area (Å²) in [6.45, 7) is 4.92. The molecule has 10 heteroatoms. The van der Waals surface area contributed by atoms with E-state index in [1.54, 1.807) is 6.92 Å². The Bertz CT molecular complexity index is 925. The maximum Gasteiger partial charge on any atom is 0.243 e. The van der Waals surface area contributed by atoms with Gasteiger partial charge in [-0.25, -0.2) is 12.8 Å². The molecule has 1 fully saturated rings. The largest absolute Gasteiger partial charge is 0.312 e. The fourth-order valence-corrected chi connectivity index (χ4v) is 5.25. The Hall–Kier alpha value is -1.55. The van der Waals surface area contributed by atoms with E-state index in [2.05, 4.69) is 20.1 Å². The quantitative estimate of drug-likeness (QED) is 0.827. The van der Waals surface area contributed by atoms with Gasteiger partial charge in [0.1, 0.15) is 17.5 Å². The average Bonchev–Trinajstić information content (AvgIpc) is 3.08. The number of nitrogens with zero attached hydrogens (tertiary/aromatic N) is 4. The Morgan fingerprint density at radius 3 is 2.63 bits per heavy atom. The van der Waals surface area contributed by atoms with E-state index in [1.165, 1.54) is 22.5 Å². The summed E-state index contributed by atoms with van der Waals surface area (Å²) in [6.07, 6.45) is 1.43. The van der Waals surface area contributed by atoms with Gasteiger partial charge in [-0.2, -0.15) is 4.31 Å². The molecule has 7 nitrogen and oxygen atoms in total. The highest BCUT2D eigenvalue weighted by molar-refractivity contribution is 7.89. The number of rotatable bonds is 3. The zero-order valence-corrected chi connectivity index (χ0v) is 16.7. The minimum Gasteiger partial charge on any atom is -0.312 e. The Labute approximate surface area is 164 Å². The second kappa shape index (κ2) is 7.83. The lowest BCUT2D eigenvalue weighted by atomic mass is 9.97. The number of fused-ring (bicyclic) bond motifs is 1. The second-order valence-corrected chi connectivity index (χ2v) is 8.83. The third-order valence-corrected chi connectivity index (χ3v) is 7.13. The number of aromatic nitrogens is 3. The van der Waals surface area contributed by atoms with Crippen molar-refractivity contribution in [2.45, 2.75) is 43.7 Å². The van der Waals surface area contributed by atoms with Gasteiger partial charge in [-0.3, -0.25) is 0 Å². The predicted octanol–water partition coefficient (Wildman–Crippen LogP) is 1.82. The van der Waals surface area contributed by atoms with Crippen LogP contribution in [0.5, 0.6) is 0 Å². The monoisotopic (exact) mass is 415 g/mol. The van der Waals surface area contributed by atoms with E-state index >= 15 is 0 Å². The first kappa shape index (κ1) is 20.2. The van der Waals surface area contributed by atoms with E-state index in [9.17, 15) is 12.8 Å². The van der Waals surface area contributed by atoms with Gasteiger partial charge >= 0.3 is 0 Å². The van der Waals surface area contributed by atoms with Crippen molar-refractivity contribution >= 4 is 22.4 Å². The van der Waals surface area contributed by atoms with Crippen LogP contribution in [0.1, 0.15) is 36.0 Å². The van der Waals surface area contributed by atoms with Crippen LogP contribution in [0.15, 0.2) is 23.1 Å². The average molecular weight is 416 g/mol. The summed E-state index contributed by atoms with van der Waals surface area (Å²) in [7, 11) is -3.60. The van der Waals surface area contributed by atoms with E-state index in [0.717, 1.165) is 31.3 Å². The van der Waals surface area contributed by atoms with Crippen LogP contribution in [-0.4, -0.2) is 47.1 Å². The summed E-state index contributed by atoms with van der Waals surface area (Å²) in [4.78, 5) is 0.154. The van der Waals surface area contributed by atoms with Gasteiger partial charge < -0.3 is 9.88 Å². The minimum atomic E-state index is -3.60. The van der Waals surface area contributed by atoms with Crippen LogP contribution >= 0.6 is 12.4 Å². The molecule has 0 radical (unpaired) electrons. The van der Waals surface area contributed by atoms with E-state index in [1.807, 2.05) is 0 Å². The molecule has 4 rings (SSSR count). The summed E-state index contributed by atoms with van der Waals surface area (Å²) in [5.74, 6) is 1.74. The highest BCUT2D eigenvalue weighted by Crippen LogP contribution is 2.30. The number of halogens is 2. The Balaban J connectivity index is 0.00000210. The van der Waals surface area contributed by atoms with E-state index in [-0.39, 0.29) is 23.2 Å². The molecule has 2 aliphatic heterocycles. The molecular formula is C17H23ClFN5O2S. The molecule has 0 amide bonds. The van der Waals surface area contributed by atoms with Gasteiger partial charge in [0.05, 0.1) is 11.4 Å². The summed E-state index contributed by atoms with van der Waals surface area (Å²) in [5, 5.41) is 11.9. The van der Waals surface area contributed by atoms with Crippen LogP contribution in [0.2, 0.25) is 0 Å². The summed E-state index contributed by atoms with van der Waals surface area (Å²) in [5.41, 5.74) is 0.338. The van der Waals surface area contributed by atoms with E-state index < -0.39 is 15.8 Å². The van der Waals surface area contributed by atoms with E-state index in [0.29, 0.717) is 31.5 Å². The first-order chi connectivity index (χ1) is 12.5. The first-order valence-electron chi connectivity index (χ1n) is 8.86. The van der Waals surface area contributed by atoms with E-state index in [4.69, 9.17) is 0 Å². The third-order valence-electron chi connectivity index (χ3n) is 5.24. The van der Waals surface area contributed by atoms with Crippen molar-refractivity contribution in [2.75, 3.05) is 19.6 Å². The molecule has 0 saturated carbocycles. The van der Waals surface area contributed by atoms with Crippen molar-refractivity contribution < 1.29 is 12.8 Å². The van der Waals surface area contributed by atoms with Crippen molar-refractivity contribution in [3.8, 4) is 0 Å². The topological polar surface area (TPSA) is 80.1 Å². The minimum absolute atomic E-state index is 0. The van der Waals surface area contributed by atoms with Crippen LogP contribution in [0.3, 0.4) is 0 Å². The van der Waals surface area contributed by atoms with Crippen molar-refractivity contribution in [2.24, 2.45) is 0 Å². The molecule has 1 aromatic heterocycles. The highest BCUT2D eigenvalue weighted by atomic mass is 35.5. The second-order valence-electron chi connectivity index (χ2n) is 6.89. The van der Waals surface area contributed by atoms with Crippen LogP contribution < -0.4 is 5.32 Å². The zero-order chi connectivity index (χ0) is 18.3. The predicted molar refractivity (Wildman–Crippen MR) is 101 cm³/mol. The Kier molecular flexibility index (Phi) is 5.85. The van der Waals surface area contributed by atoms with Crippen LogP contribution in [0.4, 0.5) is 4.39 Å². The lowest BCUT2D eigenvalue weighted by Crippen LogP contribution is -2.38. The van der Waals surface area contributed by atoms with Gasteiger partial charge in [0, 0.05) is 32.1 Å². The summed E-state index contributed by atoms with van der Waals surface area (Å²) in [6, 6.07) is 3.95. The van der Waals surface area contributed by atoms with Crippen molar-refractivity contribution in [1.29, 1.82) is 0 Å². The fourth-order valence-electron chi connectivity index (χ4n) is 3.70. The molecule has 0 unspecified atom stereocenters. The molecule has 1 aromatic carbocycles. The molecule has 0 atom stereocenters. The molecule has 0 aliphatic carbocycles. The number of sulfonamides is 1. The summed E-state index contributed by atoms with van der Waals surface area (Å²) < 4.78 is 42.8. The smallest absolute Gasteiger partial charge is 0.243 e. The third kappa shape index (κ3) is 3.73. The molecule has 2 aliphatic rings. The van der Waals surface area contributed by atoms with Gasteiger partial charge in [0.2, 0.25) is 10.0 Å². The maximum atomic E-state index is 13.4. The normalized spacial score (nSPS) is 18.7. The SMILES string of the molecule is Cc1cc(S(=O)(=O)N2CCC(c3nnc4n3CCNC4)CC2)ccc1F.Cl. The number of aryl methyl sites for hydroxylation is 1. The molecule has 27 heavy (non-hydrogen) atoms. The van der Waals surface area contributed by atoms with Gasteiger partial charge in [-0.05, 0) is 43.5 Å². The van der Waals surface area contributed by atoms with Crippen LogP contribution in [0, 0.1) is 12.7 Å². The van der Waals surface area contributed by atoms with Crippen molar-refractivity contribution in [3.63, 3.8) is 0 Å². The van der Waals surface area contributed by atoms with Crippen molar-refractivity contribution in [3.05, 3.63) is 41.2 Å². The highest BCUT2D eigenvalue weighted by Gasteiger charge is 2.32. The molecular weight excluding hydrogens is 393 g/mol. The molecule has 0 spiro atoms. The van der Waals surface area contributed by atoms with Crippen molar-refractivity contribution in [1.82, 2.24) is 24.4 Å². The lowest BCUT2D eigenvalue weighted by molar-refractivity contribution is 0.307. The molecule has 2 aromatic rings. The number of hydrogen-bond acceptors (Lipinski definition) is 5. The Morgan fingerprint density at radius 2 is 1.93 bits per heavy atom. The molecule has 1 N–H and O–H groups in total. The Morgan fingerprint density at radius 1 is 1.19 bits per heavy atom. The summed E-state index contributed by atoms with van der Waals surface area (Å²) >= 11 is 0. The number of hydrogen-bond donors (Lipinski definition) is 1. The molecule has 148 valence electrons. The van der Waals surface area contributed by atoms with Gasteiger partial charge in [0.25, 0.3) is 0 Å². The van der Waals surface area contributed by atoms with Crippen LogP contribution in [0.25, 0.3) is 0 Å². The standard InChI is InChI=1S/C17H22FN5O2S.ClH/c1-12-10-14(2-3-15(12)18)26(24,25)22-7-4-13(5-8-22)17-21-20-16-11-19-6-9-23(16)17;/h2-3,10,13,19H,4-9,11H2,1H3;1H. The molecule has 0 bridgehead atoms. The number of benzene rings is 1.